The summed E-state index contributed by atoms with van der Waals surface area (Å²) in [6.07, 6.45) is 11.6. The smallest absolute Gasteiger partial charge is 0.320 e. The Labute approximate surface area is 84.6 Å². The Bertz CT molecular complexity index is 291. The predicted molar refractivity (Wildman–Crippen MR) is 54.4 cm³/mol. The molecule has 2 rings (SSSR count). The highest BCUT2D eigenvalue weighted by molar-refractivity contribution is 5.81. The lowest BCUT2D eigenvalue weighted by atomic mass is 9.88. The molecule has 2 aliphatic carbocycles. The van der Waals surface area contributed by atoms with Crippen molar-refractivity contribution in [1.82, 2.24) is 0 Å². The minimum absolute atomic E-state index is 0.0709. The number of carbonyl (C=O) groups excluding carboxylic acids is 1. The van der Waals surface area contributed by atoms with Gasteiger partial charge in [-0.1, -0.05) is 19.1 Å². The molecule has 14 heavy (non-hydrogen) atoms. The number of hydrogen-bond donors (Lipinski definition) is 0. The van der Waals surface area contributed by atoms with Crippen molar-refractivity contribution in [2.75, 3.05) is 0 Å². The van der Waals surface area contributed by atoms with Gasteiger partial charge in [0.05, 0.1) is 11.7 Å². The molecule has 0 amide bonds. The fourth-order valence-electron chi connectivity index (χ4n) is 2.33. The minimum atomic E-state index is -0.275. The normalized spacial score (nSPS) is 34.2. The largest absolute Gasteiger partial charge is 0.434 e. The fourth-order valence-corrected chi connectivity index (χ4v) is 2.33. The molecule has 2 heteroatoms. The number of hydrogen-bond acceptors (Lipinski definition) is 2. The van der Waals surface area contributed by atoms with Crippen molar-refractivity contribution in [2.24, 2.45) is 11.3 Å². The molecule has 0 aromatic heterocycles. The maximum atomic E-state index is 11.8. The summed E-state index contributed by atoms with van der Waals surface area (Å²) in [5.41, 5.74) is -0.275. The van der Waals surface area contributed by atoms with Gasteiger partial charge in [0.1, 0.15) is 0 Å². The average Bonchev–Trinajstić information content (AvgIpc) is 2.78. The van der Waals surface area contributed by atoms with E-state index in [9.17, 15) is 4.79 Å². The van der Waals surface area contributed by atoms with E-state index in [0.29, 0.717) is 5.92 Å². The first-order chi connectivity index (χ1) is 6.77. The Balaban J connectivity index is 1.98. The third kappa shape index (κ3) is 1.49. The van der Waals surface area contributed by atoms with Crippen LogP contribution in [-0.4, -0.2) is 5.97 Å². The first kappa shape index (κ1) is 9.50. The summed E-state index contributed by atoms with van der Waals surface area (Å²) in [6, 6.07) is 0. The third-order valence-corrected chi connectivity index (χ3v) is 3.19. The number of allylic oxidation sites excluding steroid dienone is 2. The number of esters is 1. The summed E-state index contributed by atoms with van der Waals surface area (Å²) < 4.78 is 5.12. The molecule has 0 radical (unpaired) electrons. The quantitative estimate of drug-likeness (QED) is 0.390. The highest BCUT2D eigenvalue weighted by atomic mass is 16.5. The van der Waals surface area contributed by atoms with Crippen LogP contribution in [0.5, 0.6) is 0 Å². The van der Waals surface area contributed by atoms with Crippen LogP contribution in [0.15, 0.2) is 24.5 Å². The summed E-state index contributed by atoms with van der Waals surface area (Å²) in [7, 11) is 0. The van der Waals surface area contributed by atoms with E-state index in [4.69, 9.17) is 4.74 Å². The maximum absolute atomic E-state index is 11.8. The Morgan fingerprint density at radius 3 is 3.07 bits per heavy atom. The van der Waals surface area contributed by atoms with Gasteiger partial charge in [0.25, 0.3) is 0 Å². The molecule has 0 aliphatic heterocycles. The molecule has 0 spiro atoms. The SMILES string of the molecule is CCC=COC(=O)C12C=CC(CC1)C2. The van der Waals surface area contributed by atoms with Gasteiger partial charge in [-0.3, -0.25) is 4.79 Å². The summed E-state index contributed by atoms with van der Waals surface area (Å²) in [6.45, 7) is 2.02. The molecule has 2 nitrogen and oxygen atoms in total. The monoisotopic (exact) mass is 192 g/mol. The van der Waals surface area contributed by atoms with Crippen LogP contribution < -0.4 is 0 Å². The van der Waals surface area contributed by atoms with Gasteiger partial charge in [-0.2, -0.15) is 0 Å². The van der Waals surface area contributed by atoms with Crippen LogP contribution in [0.4, 0.5) is 0 Å². The molecule has 0 heterocycles. The molecule has 0 aromatic carbocycles. The first-order valence-electron chi connectivity index (χ1n) is 5.32. The van der Waals surface area contributed by atoms with Gasteiger partial charge in [-0.05, 0) is 37.7 Å². The van der Waals surface area contributed by atoms with Crippen molar-refractivity contribution in [2.45, 2.75) is 32.6 Å². The van der Waals surface area contributed by atoms with E-state index in [0.717, 1.165) is 25.7 Å². The van der Waals surface area contributed by atoms with E-state index in [1.807, 2.05) is 19.1 Å². The van der Waals surface area contributed by atoms with Gasteiger partial charge in [-0.25, -0.2) is 0 Å². The van der Waals surface area contributed by atoms with E-state index in [-0.39, 0.29) is 11.4 Å². The molecule has 2 aliphatic rings. The first-order valence-corrected chi connectivity index (χ1v) is 5.32. The van der Waals surface area contributed by atoms with E-state index < -0.39 is 0 Å². The van der Waals surface area contributed by atoms with Gasteiger partial charge in [-0.15, -0.1) is 0 Å². The topological polar surface area (TPSA) is 26.3 Å². The number of carbonyl (C=O) groups is 1. The fraction of sp³-hybridized carbons (Fsp3) is 0.583. The lowest BCUT2D eigenvalue weighted by molar-refractivity contribution is -0.146. The second-order valence-electron chi connectivity index (χ2n) is 4.20. The molecule has 2 unspecified atom stereocenters. The van der Waals surface area contributed by atoms with Crippen LogP contribution in [0.3, 0.4) is 0 Å². The van der Waals surface area contributed by atoms with Crippen molar-refractivity contribution in [3.63, 3.8) is 0 Å². The Morgan fingerprint density at radius 2 is 2.57 bits per heavy atom. The standard InChI is InChI=1S/C12H16O2/c1-2-3-8-14-11(13)12-6-4-10(9-12)5-7-12/h3-4,6,8,10H,2,5,7,9H2,1H3. The van der Waals surface area contributed by atoms with Gasteiger partial charge in [0.15, 0.2) is 0 Å². The molecule has 0 N–H and O–H groups in total. The Kier molecular flexibility index (Phi) is 2.44. The molecule has 0 aromatic rings. The number of rotatable bonds is 3. The molecule has 2 atom stereocenters. The second kappa shape index (κ2) is 3.60. The highest BCUT2D eigenvalue weighted by Crippen LogP contribution is 2.49. The van der Waals surface area contributed by atoms with Gasteiger partial charge in [0.2, 0.25) is 0 Å². The number of ether oxygens (including phenoxy) is 1. The van der Waals surface area contributed by atoms with Gasteiger partial charge >= 0.3 is 5.97 Å². The molecular formula is C12H16O2. The number of fused-ring (bicyclic) bond motifs is 2. The third-order valence-electron chi connectivity index (χ3n) is 3.19. The summed E-state index contributed by atoms with van der Waals surface area (Å²) in [5.74, 6) is 0.552. The Morgan fingerprint density at radius 1 is 1.71 bits per heavy atom. The predicted octanol–water partition coefficient (Wildman–Crippen LogP) is 2.81. The minimum Gasteiger partial charge on any atom is -0.434 e. The lowest BCUT2D eigenvalue weighted by Gasteiger charge is -2.19. The van der Waals surface area contributed by atoms with Gasteiger partial charge < -0.3 is 4.74 Å². The van der Waals surface area contributed by atoms with Crippen LogP contribution in [0, 0.1) is 11.3 Å². The maximum Gasteiger partial charge on any atom is 0.320 e. The van der Waals surface area contributed by atoms with E-state index >= 15 is 0 Å². The zero-order chi connectivity index (χ0) is 10.0. The zero-order valence-corrected chi connectivity index (χ0v) is 8.53. The molecule has 1 saturated carbocycles. The Hall–Kier alpha value is -1.05. The second-order valence-corrected chi connectivity index (χ2v) is 4.20. The van der Waals surface area contributed by atoms with Crippen molar-refractivity contribution < 1.29 is 9.53 Å². The molecule has 1 fully saturated rings. The van der Waals surface area contributed by atoms with Crippen molar-refractivity contribution in [1.29, 1.82) is 0 Å². The van der Waals surface area contributed by atoms with Crippen LogP contribution in [0.1, 0.15) is 32.6 Å². The molecule has 2 bridgehead atoms. The molecule has 0 saturated heterocycles. The van der Waals surface area contributed by atoms with Crippen molar-refractivity contribution >= 4 is 5.97 Å². The van der Waals surface area contributed by atoms with Crippen LogP contribution in [-0.2, 0) is 9.53 Å². The van der Waals surface area contributed by atoms with E-state index in [1.165, 1.54) is 6.26 Å². The van der Waals surface area contributed by atoms with Crippen LogP contribution in [0.2, 0.25) is 0 Å². The van der Waals surface area contributed by atoms with Crippen molar-refractivity contribution in [3.05, 3.63) is 24.5 Å². The van der Waals surface area contributed by atoms with E-state index in [2.05, 4.69) is 6.08 Å². The molecule has 76 valence electrons. The summed E-state index contributed by atoms with van der Waals surface area (Å²) in [4.78, 5) is 11.8. The lowest BCUT2D eigenvalue weighted by Crippen LogP contribution is -2.25. The van der Waals surface area contributed by atoms with E-state index in [1.54, 1.807) is 0 Å². The molecular weight excluding hydrogens is 176 g/mol. The average molecular weight is 192 g/mol. The summed E-state index contributed by atoms with van der Waals surface area (Å²) in [5, 5.41) is 0. The van der Waals surface area contributed by atoms with Crippen LogP contribution in [0.25, 0.3) is 0 Å². The van der Waals surface area contributed by atoms with Gasteiger partial charge in [0, 0.05) is 0 Å². The zero-order valence-electron chi connectivity index (χ0n) is 8.53. The van der Waals surface area contributed by atoms with Crippen LogP contribution >= 0.6 is 0 Å². The van der Waals surface area contributed by atoms with Crippen molar-refractivity contribution in [3.8, 4) is 0 Å². The summed E-state index contributed by atoms with van der Waals surface area (Å²) >= 11 is 0. The highest BCUT2D eigenvalue weighted by Gasteiger charge is 2.47.